The summed E-state index contributed by atoms with van der Waals surface area (Å²) in [7, 11) is 1.86. The second kappa shape index (κ2) is 8.89. The van der Waals surface area contributed by atoms with E-state index in [4.69, 9.17) is 9.47 Å². The summed E-state index contributed by atoms with van der Waals surface area (Å²) in [6.45, 7) is 4.98. The molecule has 118 valence electrons. The number of rotatable bonds is 9. The number of carboxylic acids is 1. The third-order valence-corrected chi connectivity index (χ3v) is 3.43. The predicted molar refractivity (Wildman–Crippen MR) is 85.0 cm³/mol. The molecule has 0 aliphatic carbocycles. The third kappa shape index (κ3) is 5.21. The lowest BCUT2D eigenvalue weighted by atomic mass is 10.2. The molecule has 0 bridgehead atoms. The van der Waals surface area contributed by atoms with Crippen LogP contribution in [0.15, 0.2) is 16.6 Å². The first-order valence-corrected chi connectivity index (χ1v) is 7.82. The van der Waals surface area contributed by atoms with E-state index in [1.165, 1.54) is 0 Å². The third-order valence-electron chi connectivity index (χ3n) is 2.84. The van der Waals surface area contributed by atoms with Crippen LogP contribution in [0.2, 0.25) is 0 Å². The summed E-state index contributed by atoms with van der Waals surface area (Å²) in [4.78, 5) is 11.3. The molecule has 0 radical (unpaired) electrons. The fourth-order valence-corrected chi connectivity index (χ4v) is 2.53. The number of nitrogens with one attached hydrogen (secondary N) is 1. The smallest absolute Gasteiger partial charge is 0.344 e. The van der Waals surface area contributed by atoms with Gasteiger partial charge in [-0.25, -0.2) is 4.79 Å². The second-order valence-electron chi connectivity index (χ2n) is 4.60. The highest BCUT2D eigenvalue weighted by Crippen LogP contribution is 2.38. The molecule has 0 fully saturated rings. The van der Waals surface area contributed by atoms with Gasteiger partial charge < -0.3 is 19.9 Å². The Balaban J connectivity index is 3.10. The molecule has 0 aromatic heterocycles. The monoisotopic (exact) mass is 359 g/mol. The number of carbonyl (C=O) groups is 1. The van der Waals surface area contributed by atoms with Crippen molar-refractivity contribution in [1.82, 2.24) is 5.32 Å². The lowest BCUT2D eigenvalue weighted by Crippen LogP contribution is -2.27. The largest absolute Gasteiger partial charge is 0.490 e. The van der Waals surface area contributed by atoms with Gasteiger partial charge in [-0.05, 0) is 54.0 Å². The first-order chi connectivity index (χ1) is 10.0. The maximum absolute atomic E-state index is 11.3. The van der Waals surface area contributed by atoms with Gasteiger partial charge in [0.1, 0.15) is 0 Å². The minimum absolute atomic E-state index is 0.442. The Morgan fingerprint density at radius 2 is 2.14 bits per heavy atom. The molecule has 1 aromatic carbocycles. The molecule has 2 N–H and O–H groups in total. The van der Waals surface area contributed by atoms with Crippen LogP contribution < -0.4 is 14.8 Å². The Kier molecular flexibility index (Phi) is 7.53. The quantitative estimate of drug-likeness (QED) is 0.708. The maximum Gasteiger partial charge on any atom is 0.344 e. The van der Waals surface area contributed by atoms with Crippen molar-refractivity contribution in [2.45, 2.75) is 39.3 Å². The van der Waals surface area contributed by atoms with E-state index in [0.717, 1.165) is 12.0 Å². The van der Waals surface area contributed by atoms with E-state index < -0.39 is 12.1 Å². The highest BCUT2D eigenvalue weighted by atomic mass is 79.9. The lowest BCUT2D eigenvalue weighted by molar-refractivity contribution is -0.145. The average Bonchev–Trinajstić information content (AvgIpc) is 2.42. The summed E-state index contributed by atoms with van der Waals surface area (Å²) in [5.74, 6) is 0.0301. The maximum atomic E-state index is 11.3. The number of hydrogen-bond acceptors (Lipinski definition) is 4. The average molecular weight is 360 g/mol. The standard InChI is InChI=1S/C15H22BrNO4/c1-4-6-12(15(18)19)21-14-11(16)7-10(9-17-3)8-13(14)20-5-2/h7-8,12,17H,4-6,9H2,1-3H3,(H,18,19). The summed E-state index contributed by atoms with van der Waals surface area (Å²) in [6, 6.07) is 3.77. The van der Waals surface area contributed by atoms with Gasteiger partial charge in [-0.1, -0.05) is 13.3 Å². The molecule has 5 nitrogen and oxygen atoms in total. The first-order valence-electron chi connectivity index (χ1n) is 7.02. The van der Waals surface area contributed by atoms with Crippen molar-refractivity contribution in [3.8, 4) is 11.5 Å². The van der Waals surface area contributed by atoms with Crippen molar-refractivity contribution in [2.75, 3.05) is 13.7 Å². The number of aliphatic carboxylic acids is 1. The zero-order valence-corrected chi connectivity index (χ0v) is 14.2. The summed E-state index contributed by atoms with van der Waals surface area (Å²) >= 11 is 3.44. The molecule has 1 rings (SSSR count). The van der Waals surface area contributed by atoms with Crippen LogP contribution in [0.25, 0.3) is 0 Å². The zero-order chi connectivity index (χ0) is 15.8. The SMILES string of the molecule is CCCC(Oc1c(Br)cc(CNC)cc1OCC)C(=O)O. The van der Waals surface area contributed by atoms with Crippen molar-refractivity contribution >= 4 is 21.9 Å². The minimum atomic E-state index is -0.967. The van der Waals surface area contributed by atoms with Crippen LogP contribution >= 0.6 is 15.9 Å². The van der Waals surface area contributed by atoms with E-state index in [9.17, 15) is 9.90 Å². The lowest BCUT2D eigenvalue weighted by Gasteiger charge is -2.19. The number of ether oxygens (including phenoxy) is 2. The van der Waals surface area contributed by atoms with Gasteiger partial charge in [-0.15, -0.1) is 0 Å². The van der Waals surface area contributed by atoms with Crippen molar-refractivity contribution in [2.24, 2.45) is 0 Å². The highest BCUT2D eigenvalue weighted by Gasteiger charge is 2.22. The Bertz CT molecular complexity index is 479. The van der Waals surface area contributed by atoms with E-state index in [2.05, 4.69) is 21.2 Å². The van der Waals surface area contributed by atoms with Gasteiger partial charge in [-0.3, -0.25) is 0 Å². The van der Waals surface area contributed by atoms with Gasteiger partial charge in [0.15, 0.2) is 17.6 Å². The molecular formula is C15H22BrNO4. The van der Waals surface area contributed by atoms with Crippen molar-refractivity contribution in [3.05, 3.63) is 22.2 Å². The molecule has 21 heavy (non-hydrogen) atoms. The number of halogens is 1. The Hall–Kier alpha value is -1.27. The van der Waals surface area contributed by atoms with Gasteiger partial charge in [0.05, 0.1) is 11.1 Å². The molecule has 0 spiro atoms. The van der Waals surface area contributed by atoms with Crippen LogP contribution in [0.5, 0.6) is 11.5 Å². The van der Waals surface area contributed by atoms with Crippen LogP contribution in [0.4, 0.5) is 0 Å². The highest BCUT2D eigenvalue weighted by molar-refractivity contribution is 9.10. The van der Waals surface area contributed by atoms with Crippen LogP contribution in [0, 0.1) is 0 Å². The van der Waals surface area contributed by atoms with Crippen LogP contribution in [-0.2, 0) is 11.3 Å². The van der Waals surface area contributed by atoms with Gasteiger partial charge >= 0.3 is 5.97 Å². The van der Waals surface area contributed by atoms with Crippen LogP contribution in [0.1, 0.15) is 32.3 Å². The molecule has 1 unspecified atom stereocenters. The summed E-state index contributed by atoms with van der Waals surface area (Å²) in [6.07, 6.45) is 0.308. The molecule has 0 heterocycles. The van der Waals surface area contributed by atoms with Gasteiger partial charge in [0, 0.05) is 6.54 Å². The molecule has 1 atom stereocenters. The fourth-order valence-electron chi connectivity index (χ4n) is 1.94. The number of benzene rings is 1. The van der Waals surface area contributed by atoms with Gasteiger partial charge in [0.25, 0.3) is 0 Å². The molecule has 0 saturated carbocycles. The summed E-state index contributed by atoms with van der Waals surface area (Å²) < 4.78 is 12.0. The van der Waals surface area contributed by atoms with Gasteiger partial charge in [-0.2, -0.15) is 0 Å². The number of carboxylic acid groups (broad SMARTS) is 1. The van der Waals surface area contributed by atoms with Crippen LogP contribution in [0.3, 0.4) is 0 Å². The van der Waals surface area contributed by atoms with Crippen molar-refractivity contribution in [3.63, 3.8) is 0 Å². The molecule has 0 amide bonds. The molecule has 0 saturated heterocycles. The van der Waals surface area contributed by atoms with Crippen LogP contribution in [-0.4, -0.2) is 30.8 Å². The Morgan fingerprint density at radius 3 is 2.67 bits per heavy atom. The van der Waals surface area contributed by atoms with Crippen molar-refractivity contribution in [1.29, 1.82) is 0 Å². The van der Waals surface area contributed by atoms with E-state index >= 15 is 0 Å². The fraction of sp³-hybridized carbons (Fsp3) is 0.533. The number of hydrogen-bond donors (Lipinski definition) is 2. The van der Waals surface area contributed by atoms with E-state index in [0.29, 0.717) is 35.5 Å². The minimum Gasteiger partial charge on any atom is -0.490 e. The first kappa shape index (κ1) is 17.8. The second-order valence-corrected chi connectivity index (χ2v) is 5.46. The van der Waals surface area contributed by atoms with E-state index in [1.807, 2.05) is 33.0 Å². The Morgan fingerprint density at radius 1 is 1.43 bits per heavy atom. The van der Waals surface area contributed by atoms with E-state index in [-0.39, 0.29) is 0 Å². The van der Waals surface area contributed by atoms with E-state index in [1.54, 1.807) is 0 Å². The molecule has 0 aliphatic rings. The summed E-state index contributed by atoms with van der Waals surface area (Å²) in [5, 5.41) is 12.3. The molecule has 1 aromatic rings. The van der Waals surface area contributed by atoms with Crippen molar-refractivity contribution < 1.29 is 19.4 Å². The van der Waals surface area contributed by atoms with Gasteiger partial charge in [0.2, 0.25) is 0 Å². The summed E-state index contributed by atoms with van der Waals surface area (Å²) in [5.41, 5.74) is 1.03. The molecule has 0 aliphatic heterocycles. The predicted octanol–water partition coefficient (Wildman–Crippen LogP) is 3.20. The molecule has 6 heteroatoms. The zero-order valence-electron chi connectivity index (χ0n) is 12.6. The normalized spacial score (nSPS) is 12.0. The molecular weight excluding hydrogens is 338 g/mol. The topological polar surface area (TPSA) is 67.8 Å². The Labute approximate surface area is 133 Å².